The van der Waals surface area contributed by atoms with Crippen molar-refractivity contribution in [1.82, 2.24) is 10.3 Å². The van der Waals surface area contributed by atoms with Gasteiger partial charge >= 0.3 is 0 Å². The average molecular weight is 374 g/mol. The van der Waals surface area contributed by atoms with E-state index in [9.17, 15) is 14.0 Å². The van der Waals surface area contributed by atoms with E-state index in [1.54, 1.807) is 24.4 Å². The number of hydrogen-bond acceptors (Lipinski definition) is 5. The van der Waals surface area contributed by atoms with E-state index < -0.39 is 11.4 Å². The number of hydrogen-bond donors (Lipinski definition) is 1. The molecule has 2 aromatic rings. The second-order valence-corrected chi connectivity index (χ2v) is 7.13. The van der Waals surface area contributed by atoms with Gasteiger partial charge in [-0.3, -0.25) is 19.9 Å². The van der Waals surface area contributed by atoms with E-state index in [0.29, 0.717) is 17.9 Å². The SMILES string of the molecule is CCc1ccc([C@@H](F)COc2ccc(CC3SC(=O)NC3=O)cc2)nc1. The summed E-state index contributed by atoms with van der Waals surface area (Å²) >= 11 is 1.000. The zero-order valence-corrected chi connectivity index (χ0v) is 15.1. The van der Waals surface area contributed by atoms with Crippen molar-refractivity contribution in [3.05, 3.63) is 59.4 Å². The number of alkyl halides is 1. The first-order chi connectivity index (χ1) is 12.5. The number of nitrogens with one attached hydrogen (secondary N) is 1. The van der Waals surface area contributed by atoms with Crippen LogP contribution in [0.2, 0.25) is 0 Å². The van der Waals surface area contributed by atoms with Gasteiger partial charge in [-0.2, -0.15) is 0 Å². The van der Waals surface area contributed by atoms with Crippen molar-refractivity contribution in [2.45, 2.75) is 31.2 Å². The van der Waals surface area contributed by atoms with Gasteiger partial charge < -0.3 is 4.74 Å². The molecule has 1 aliphatic heterocycles. The number of halogens is 1. The highest BCUT2D eigenvalue weighted by atomic mass is 32.2. The van der Waals surface area contributed by atoms with Crippen LogP contribution in [0.5, 0.6) is 5.75 Å². The van der Waals surface area contributed by atoms with Crippen molar-refractivity contribution in [2.24, 2.45) is 0 Å². The summed E-state index contributed by atoms with van der Waals surface area (Å²) < 4.78 is 19.7. The Hall–Kier alpha value is -2.41. The van der Waals surface area contributed by atoms with Crippen molar-refractivity contribution in [3.63, 3.8) is 0 Å². The number of imide groups is 1. The fourth-order valence-corrected chi connectivity index (χ4v) is 3.41. The molecule has 26 heavy (non-hydrogen) atoms. The van der Waals surface area contributed by atoms with Crippen LogP contribution in [0.1, 0.15) is 29.9 Å². The minimum absolute atomic E-state index is 0.118. The van der Waals surface area contributed by atoms with Crippen molar-refractivity contribution in [2.75, 3.05) is 6.61 Å². The molecule has 0 spiro atoms. The molecule has 136 valence electrons. The van der Waals surface area contributed by atoms with Gasteiger partial charge in [0.1, 0.15) is 12.4 Å². The maximum Gasteiger partial charge on any atom is 0.286 e. The third-order valence-corrected chi connectivity index (χ3v) is 5.07. The molecular formula is C19H19FN2O3S. The minimum Gasteiger partial charge on any atom is -0.490 e. The Balaban J connectivity index is 1.52. The van der Waals surface area contributed by atoms with Gasteiger partial charge in [0.15, 0.2) is 6.17 Å². The zero-order chi connectivity index (χ0) is 18.5. The van der Waals surface area contributed by atoms with Crippen molar-refractivity contribution in [3.8, 4) is 5.75 Å². The van der Waals surface area contributed by atoms with Crippen LogP contribution in [0, 0.1) is 0 Å². The average Bonchev–Trinajstić information content (AvgIpc) is 2.98. The molecule has 1 aromatic heterocycles. The molecule has 1 aromatic carbocycles. The molecule has 0 bridgehead atoms. The van der Waals surface area contributed by atoms with Crippen molar-refractivity contribution in [1.29, 1.82) is 0 Å². The van der Waals surface area contributed by atoms with Crippen molar-refractivity contribution < 1.29 is 18.7 Å². The number of aromatic nitrogens is 1. The summed E-state index contributed by atoms with van der Waals surface area (Å²) in [6.07, 6.45) is 1.70. The highest BCUT2D eigenvalue weighted by Gasteiger charge is 2.31. The number of aryl methyl sites for hydroxylation is 1. The highest BCUT2D eigenvalue weighted by Crippen LogP contribution is 2.24. The lowest BCUT2D eigenvalue weighted by Crippen LogP contribution is -2.25. The Morgan fingerprint density at radius 2 is 1.92 bits per heavy atom. The monoisotopic (exact) mass is 374 g/mol. The fraction of sp³-hybridized carbons (Fsp3) is 0.316. The van der Waals surface area contributed by atoms with Gasteiger partial charge in [0.05, 0.1) is 10.9 Å². The summed E-state index contributed by atoms with van der Waals surface area (Å²) in [6, 6.07) is 10.6. The first-order valence-corrected chi connectivity index (χ1v) is 9.25. The molecule has 1 unspecified atom stereocenters. The van der Waals surface area contributed by atoms with Crippen LogP contribution in [0.25, 0.3) is 0 Å². The van der Waals surface area contributed by atoms with Crippen LogP contribution in [-0.4, -0.2) is 28.0 Å². The first kappa shape index (κ1) is 18.4. The molecule has 5 nitrogen and oxygen atoms in total. The molecule has 1 saturated heterocycles. The molecule has 2 amide bonds. The van der Waals surface area contributed by atoms with E-state index in [4.69, 9.17) is 4.74 Å². The summed E-state index contributed by atoms with van der Waals surface area (Å²) in [6.45, 7) is 1.90. The van der Waals surface area contributed by atoms with Crippen LogP contribution in [0.15, 0.2) is 42.6 Å². The van der Waals surface area contributed by atoms with E-state index >= 15 is 0 Å². The van der Waals surface area contributed by atoms with Gasteiger partial charge in [0, 0.05) is 6.20 Å². The highest BCUT2D eigenvalue weighted by molar-refractivity contribution is 8.15. The molecular weight excluding hydrogens is 355 g/mol. The number of thioether (sulfide) groups is 1. The molecule has 1 fully saturated rings. The van der Waals surface area contributed by atoms with Crippen LogP contribution in [0.3, 0.4) is 0 Å². The zero-order valence-electron chi connectivity index (χ0n) is 14.3. The first-order valence-electron chi connectivity index (χ1n) is 8.37. The lowest BCUT2D eigenvalue weighted by molar-refractivity contribution is -0.118. The minimum atomic E-state index is -1.30. The molecule has 2 atom stereocenters. The normalized spacial score (nSPS) is 17.8. The van der Waals surface area contributed by atoms with Gasteiger partial charge in [0.25, 0.3) is 5.24 Å². The van der Waals surface area contributed by atoms with E-state index in [2.05, 4.69) is 10.3 Å². The number of pyridine rings is 1. The summed E-state index contributed by atoms with van der Waals surface area (Å²) in [4.78, 5) is 26.9. The molecule has 0 radical (unpaired) electrons. The number of rotatable bonds is 7. The Morgan fingerprint density at radius 1 is 1.19 bits per heavy atom. The summed E-state index contributed by atoms with van der Waals surface area (Å²) in [5.41, 5.74) is 2.33. The molecule has 1 N–H and O–H groups in total. The lowest BCUT2D eigenvalue weighted by Gasteiger charge is -2.11. The third kappa shape index (κ3) is 4.60. The number of ether oxygens (including phenoxy) is 1. The predicted octanol–water partition coefficient (Wildman–Crippen LogP) is 3.63. The van der Waals surface area contributed by atoms with Gasteiger partial charge in [0.2, 0.25) is 5.91 Å². The molecule has 3 rings (SSSR count). The third-order valence-electron chi connectivity index (χ3n) is 4.08. The van der Waals surface area contributed by atoms with Gasteiger partial charge in [-0.05, 0) is 42.2 Å². The maximum absolute atomic E-state index is 14.2. The standard InChI is InChI=1S/C19H19FN2O3S/c1-2-12-5-8-16(21-10-12)15(20)11-25-14-6-3-13(4-7-14)9-17-18(23)22-19(24)26-17/h3-8,10,15,17H,2,9,11H2,1H3,(H,22,23,24)/t15-,17?/m0/s1. The van der Waals surface area contributed by atoms with E-state index in [1.807, 2.05) is 25.1 Å². The Morgan fingerprint density at radius 3 is 2.50 bits per heavy atom. The number of amides is 2. The van der Waals surface area contributed by atoms with Crippen LogP contribution in [0.4, 0.5) is 9.18 Å². The topological polar surface area (TPSA) is 68.3 Å². The number of nitrogens with zero attached hydrogens (tertiary/aromatic N) is 1. The van der Waals surface area contributed by atoms with Crippen LogP contribution >= 0.6 is 11.8 Å². The van der Waals surface area contributed by atoms with E-state index in [-0.39, 0.29) is 17.8 Å². The quantitative estimate of drug-likeness (QED) is 0.802. The molecule has 0 saturated carbocycles. The second-order valence-electron chi connectivity index (χ2n) is 5.95. The summed E-state index contributed by atoms with van der Waals surface area (Å²) in [5, 5.41) is 1.55. The fourth-order valence-electron chi connectivity index (χ4n) is 2.55. The largest absolute Gasteiger partial charge is 0.490 e. The smallest absolute Gasteiger partial charge is 0.286 e. The Bertz CT molecular complexity index is 780. The predicted molar refractivity (Wildman–Crippen MR) is 98.0 cm³/mol. The van der Waals surface area contributed by atoms with Crippen LogP contribution in [-0.2, 0) is 17.6 Å². The van der Waals surface area contributed by atoms with Crippen molar-refractivity contribution >= 4 is 22.9 Å². The molecule has 1 aliphatic rings. The lowest BCUT2D eigenvalue weighted by atomic mass is 10.1. The Labute approximate surface area is 155 Å². The number of carbonyl (C=O) groups excluding carboxylic acids is 2. The van der Waals surface area contributed by atoms with Gasteiger partial charge in [-0.25, -0.2) is 4.39 Å². The van der Waals surface area contributed by atoms with E-state index in [0.717, 1.165) is 29.3 Å². The van der Waals surface area contributed by atoms with Gasteiger partial charge in [-0.1, -0.05) is 36.9 Å². The number of benzene rings is 1. The molecule has 7 heteroatoms. The second kappa shape index (κ2) is 8.31. The molecule has 0 aliphatic carbocycles. The van der Waals surface area contributed by atoms with Gasteiger partial charge in [-0.15, -0.1) is 0 Å². The molecule has 2 heterocycles. The van der Waals surface area contributed by atoms with E-state index in [1.165, 1.54) is 0 Å². The summed E-state index contributed by atoms with van der Waals surface area (Å²) in [7, 11) is 0. The summed E-state index contributed by atoms with van der Waals surface area (Å²) in [5.74, 6) is 0.281. The Kier molecular flexibility index (Phi) is 5.88. The number of carbonyl (C=O) groups is 2. The maximum atomic E-state index is 14.2. The van der Waals surface area contributed by atoms with Crippen LogP contribution < -0.4 is 10.1 Å².